The fourth-order valence-electron chi connectivity index (χ4n) is 2.06. The fraction of sp³-hybridized carbons (Fsp3) is 0.500. The van der Waals surface area contributed by atoms with E-state index in [1.807, 2.05) is 6.08 Å². The molecular weight excluding hydrogens is 240 g/mol. The highest BCUT2D eigenvalue weighted by molar-refractivity contribution is 5.12. The second kappa shape index (κ2) is 10.5. The van der Waals surface area contributed by atoms with Gasteiger partial charge in [0.05, 0.1) is 0 Å². The minimum absolute atomic E-state index is 0.767. The Kier molecular flexibility index (Phi) is 9.80. The Morgan fingerprint density at radius 3 is 2.35 bits per heavy atom. The van der Waals surface area contributed by atoms with Gasteiger partial charge in [-0.3, -0.25) is 0 Å². The van der Waals surface area contributed by atoms with Crippen molar-refractivity contribution in [2.45, 2.75) is 59.8 Å². The molecule has 112 valence electrons. The van der Waals surface area contributed by atoms with Gasteiger partial charge in [-0.05, 0) is 65.7 Å². The van der Waals surface area contributed by atoms with Crippen molar-refractivity contribution in [3.63, 3.8) is 0 Å². The highest BCUT2D eigenvalue weighted by Crippen LogP contribution is 2.27. The monoisotopic (exact) mass is 272 g/mol. The maximum absolute atomic E-state index is 3.97. The normalized spacial score (nSPS) is 17.2. The SMILES string of the molecule is C=C(C)C1CC=C(C)CC1.C=CC(=C)CCC=C(C)C. The smallest absolute Gasteiger partial charge is 0.0171 e. The van der Waals surface area contributed by atoms with Gasteiger partial charge in [0, 0.05) is 0 Å². The predicted octanol–water partition coefficient (Wildman–Crippen LogP) is 6.78. The van der Waals surface area contributed by atoms with Gasteiger partial charge in [-0.25, -0.2) is 0 Å². The van der Waals surface area contributed by atoms with Crippen molar-refractivity contribution in [1.82, 2.24) is 0 Å². The maximum Gasteiger partial charge on any atom is -0.0171 e. The summed E-state index contributed by atoms with van der Waals surface area (Å²) >= 11 is 0. The molecule has 1 rings (SSSR count). The number of allylic oxidation sites excluding steroid dienone is 7. The quantitative estimate of drug-likeness (QED) is 0.382. The van der Waals surface area contributed by atoms with E-state index in [2.05, 4.69) is 59.6 Å². The highest BCUT2D eigenvalue weighted by atomic mass is 14.2. The minimum Gasteiger partial charge on any atom is -0.0998 e. The van der Waals surface area contributed by atoms with Crippen LogP contribution in [0.4, 0.5) is 0 Å². The molecule has 1 aliphatic rings. The van der Waals surface area contributed by atoms with Crippen LogP contribution >= 0.6 is 0 Å². The Hall–Kier alpha value is -1.30. The van der Waals surface area contributed by atoms with Gasteiger partial charge in [0.15, 0.2) is 0 Å². The molecule has 20 heavy (non-hydrogen) atoms. The molecule has 0 nitrogen and oxygen atoms in total. The molecule has 0 amide bonds. The van der Waals surface area contributed by atoms with Gasteiger partial charge in [0.25, 0.3) is 0 Å². The summed E-state index contributed by atoms with van der Waals surface area (Å²) in [5.41, 5.74) is 5.40. The Bertz CT molecular complexity index is 386. The Labute approximate surface area is 126 Å². The average Bonchev–Trinajstić information content (AvgIpc) is 2.39. The third-order valence-electron chi connectivity index (χ3n) is 3.64. The van der Waals surface area contributed by atoms with Crippen molar-refractivity contribution in [1.29, 1.82) is 0 Å². The molecule has 0 saturated heterocycles. The number of rotatable bonds is 5. The van der Waals surface area contributed by atoms with Crippen molar-refractivity contribution in [2.24, 2.45) is 5.92 Å². The summed E-state index contributed by atoms with van der Waals surface area (Å²) in [6, 6.07) is 0. The van der Waals surface area contributed by atoms with Crippen LogP contribution < -0.4 is 0 Å². The largest absolute Gasteiger partial charge is 0.0998 e. The first kappa shape index (κ1) is 18.7. The van der Waals surface area contributed by atoms with E-state index in [-0.39, 0.29) is 0 Å². The molecule has 1 unspecified atom stereocenters. The van der Waals surface area contributed by atoms with Crippen LogP contribution in [0.15, 0.2) is 60.3 Å². The molecule has 0 bridgehead atoms. The summed E-state index contributed by atoms with van der Waals surface area (Å²) in [6.45, 7) is 20.0. The predicted molar refractivity (Wildman–Crippen MR) is 93.9 cm³/mol. The molecule has 0 aromatic rings. The molecule has 0 heteroatoms. The zero-order chi connectivity index (χ0) is 15.5. The topological polar surface area (TPSA) is 0 Å². The van der Waals surface area contributed by atoms with Crippen molar-refractivity contribution in [3.8, 4) is 0 Å². The first-order chi connectivity index (χ1) is 9.36. The third-order valence-corrected chi connectivity index (χ3v) is 3.64. The molecule has 0 aliphatic heterocycles. The van der Waals surface area contributed by atoms with Crippen LogP contribution in [-0.2, 0) is 0 Å². The lowest BCUT2D eigenvalue weighted by molar-refractivity contribution is 0.540. The van der Waals surface area contributed by atoms with Crippen LogP contribution in [0.3, 0.4) is 0 Å². The molecule has 1 aliphatic carbocycles. The van der Waals surface area contributed by atoms with Gasteiger partial charge in [0.2, 0.25) is 0 Å². The van der Waals surface area contributed by atoms with E-state index in [0.717, 1.165) is 24.3 Å². The lowest BCUT2D eigenvalue weighted by Gasteiger charge is -2.19. The maximum atomic E-state index is 3.97. The van der Waals surface area contributed by atoms with Crippen LogP contribution in [0.25, 0.3) is 0 Å². The van der Waals surface area contributed by atoms with E-state index in [1.54, 1.807) is 5.57 Å². The molecule has 0 heterocycles. The number of hydrogen-bond donors (Lipinski definition) is 0. The van der Waals surface area contributed by atoms with Gasteiger partial charge in [-0.2, -0.15) is 0 Å². The number of hydrogen-bond acceptors (Lipinski definition) is 0. The first-order valence-corrected chi connectivity index (χ1v) is 7.61. The average molecular weight is 272 g/mol. The van der Waals surface area contributed by atoms with Crippen molar-refractivity contribution >= 4 is 0 Å². The Balaban J connectivity index is 0.000000361. The van der Waals surface area contributed by atoms with Crippen molar-refractivity contribution in [3.05, 3.63) is 60.3 Å². The van der Waals surface area contributed by atoms with Crippen LogP contribution in [-0.4, -0.2) is 0 Å². The first-order valence-electron chi connectivity index (χ1n) is 7.61. The van der Waals surface area contributed by atoms with Crippen LogP contribution in [0.2, 0.25) is 0 Å². The van der Waals surface area contributed by atoms with Gasteiger partial charge >= 0.3 is 0 Å². The van der Waals surface area contributed by atoms with Gasteiger partial charge < -0.3 is 0 Å². The molecular formula is C20H32. The molecule has 0 aromatic carbocycles. The zero-order valence-corrected chi connectivity index (χ0v) is 14.0. The molecule has 0 saturated carbocycles. The van der Waals surface area contributed by atoms with Gasteiger partial charge in [-0.15, -0.1) is 0 Å². The molecule has 0 radical (unpaired) electrons. The molecule has 0 N–H and O–H groups in total. The second-order valence-corrected chi connectivity index (χ2v) is 6.05. The Morgan fingerprint density at radius 2 is 1.95 bits per heavy atom. The standard InChI is InChI=1S/2C10H16/c1-8(2)10-6-4-9(3)5-7-10;1-5-10(4)8-6-7-9(2)3/h4,10H,1,5-7H2,2-3H3;5,7H,1,4,6,8H2,2-3H3. The summed E-state index contributed by atoms with van der Waals surface area (Å²) < 4.78 is 0. The molecule has 1 atom stereocenters. The summed E-state index contributed by atoms with van der Waals surface area (Å²) in [4.78, 5) is 0. The van der Waals surface area contributed by atoms with E-state index in [1.165, 1.54) is 30.4 Å². The molecule has 0 fully saturated rings. The summed E-state index contributed by atoms with van der Waals surface area (Å²) in [5.74, 6) is 0.767. The minimum atomic E-state index is 0.767. The van der Waals surface area contributed by atoms with Crippen LogP contribution in [0.5, 0.6) is 0 Å². The molecule has 0 aromatic heterocycles. The van der Waals surface area contributed by atoms with E-state index in [4.69, 9.17) is 0 Å². The van der Waals surface area contributed by atoms with Gasteiger partial charge in [0.1, 0.15) is 0 Å². The summed E-state index contributed by atoms with van der Waals surface area (Å²) in [7, 11) is 0. The van der Waals surface area contributed by atoms with E-state index >= 15 is 0 Å². The van der Waals surface area contributed by atoms with E-state index in [9.17, 15) is 0 Å². The van der Waals surface area contributed by atoms with E-state index < -0.39 is 0 Å². The lowest BCUT2D eigenvalue weighted by atomic mass is 9.86. The Morgan fingerprint density at radius 1 is 1.30 bits per heavy atom. The van der Waals surface area contributed by atoms with Gasteiger partial charge in [-0.1, -0.05) is 60.3 Å². The second-order valence-electron chi connectivity index (χ2n) is 6.05. The lowest BCUT2D eigenvalue weighted by Crippen LogP contribution is -2.04. The highest BCUT2D eigenvalue weighted by Gasteiger charge is 2.11. The van der Waals surface area contributed by atoms with Crippen LogP contribution in [0, 0.1) is 5.92 Å². The van der Waals surface area contributed by atoms with Crippen LogP contribution in [0.1, 0.15) is 59.8 Å². The van der Waals surface area contributed by atoms with Crippen molar-refractivity contribution < 1.29 is 0 Å². The van der Waals surface area contributed by atoms with E-state index in [0.29, 0.717) is 0 Å². The fourth-order valence-corrected chi connectivity index (χ4v) is 2.06. The molecule has 0 spiro atoms. The third kappa shape index (κ3) is 9.61. The zero-order valence-electron chi connectivity index (χ0n) is 14.0. The summed E-state index contributed by atoms with van der Waals surface area (Å²) in [6.07, 6.45) is 12.3. The van der Waals surface area contributed by atoms with Crippen molar-refractivity contribution in [2.75, 3.05) is 0 Å². The summed E-state index contributed by atoms with van der Waals surface area (Å²) in [5, 5.41) is 0.